The zero-order valence-corrected chi connectivity index (χ0v) is 10.7. The maximum absolute atomic E-state index is 11.3. The van der Waals surface area contributed by atoms with Gasteiger partial charge in [-0.15, -0.1) is 0 Å². The molecule has 0 saturated carbocycles. The topological polar surface area (TPSA) is 35.5 Å². The molecule has 3 nitrogen and oxygen atoms in total. The molecule has 14 heavy (non-hydrogen) atoms. The summed E-state index contributed by atoms with van der Waals surface area (Å²) < 4.78 is 10.8. The molecule has 1 atom stereocenters. The molecule has 0 aromatic heterocycles. The Morgan fingerprint density at radius 2 is 2.00 bits per heavy atom. The van der Waals surface area contributed by atoms with Crippen molar-refractivity contribution in [2.24, 2.45) is 0 Å². The molecule has 4 heteroatoms. The SMILES string of the molecule is CC(C)(C)[Si](C)(C)OC1CCOC1=O. The van der Waals surface area contributed by atoms with Crippen LogP contribution in [-0.2, 0) is 14.0 Å². The highest BCUT2D eigenvalue weighted by Gasteiger charge is 2.42. The predicted molar refractivity (Wildman–Crippen MR) is 57.6 cm³/mol. The summed E-state index contributed by atoms with van der Waals surface area (Å²) >= 11 is 0. The second-order valence-corrected chi connectivity index (χ2v) is 10.1. The van der Waals surface area contributed by atoms with Gasteiger partial charge in [0.25, 0.3) is 0 Å². The van der Waals surface area contributed by atoms with Crippen LogP contribution in [0.2, 0.25) is 18.1 Å². The van der Waals surface area contributed by atoms with Gasteiger partial charge in [-0.1, -0.05) is 20.8 Å². The summed E-state index contributed by atoms with van der Waals surface area (Å²) in [6.45, 7) is 11.3. The molecule has 1 saturated heterocycles. The Kier molecular flexibility index (Phi) is 3.06. The second-order valence-electron chi connectivity index (χ2n) is 5.32. The molecule has 1 rings (SSSR count). The van der Waals surface area contributed by atoms with E-state index in [1.165, 1.54) is 0 Å². The molecule has 1 unspecified atom stereocenters. The molecule has 0 aliphatic carbocycles. The van der Waals surface area contributed by atoms with E-state index >= 15 is 0 Å². The summed E-state index contributed by atoms with van der Waals surface area (Å²) in [5.41, 5.74) is 0. The molecule has 0 N–H and O–H groups in total. The lowest BCUT2D eigenvalue weighted by atomic mass is 10.2. The first-order chi connectivity index (χ1) is 6.24. The van der Waals surface area contributed by atoms with Gasteiger partial charge in [-0.2, -0.15) is 0 Å². The summed E-state index contributed by atoms with van der Waals surface area (Å²) in [4.78, 5) is 11.3. The third-order valence-corrected chi connectivity index (χ3v) is 7.62. The van der Waals surface area contributed by atoms with E-state index < -0.39 is 8.32 Å². The van der Waals surface area contributed by atoms with Crippen LogP contribution in [0.4, 0.5) is 0 Å². The normalized spacial score (nSPS) is 23.8. The Morgan fingerprint density at radius 1 is 1.43 bits per heavy atom. The van der Waals surface area contributed by atoms with Crippen molar-refractivity contribution in [1.82, 2.24) is 0 Å². The standard InChI is InChI=1S/C10H20O3Si/c1-10(2,3)14(4,5)13-8-6-7-12-9(8)11/h8H,6-7H2,1-5H3. The fourth-order valence-corrected chi connectivity index (χ4v) is 2.40. The number of hydrogen-bond acceptors (Lipinski definition) is 3. The molecule has 0 aromatic carbocycles. The minimum absolute atomic E-state index is 0.149. The summed E-state index contributed by atoms with van der Waals surface area (Å²) in [5.74, 6) is -0.185. The molecule has 82 valence electrons. The molecular weight excluding hydrogens is 196 g/mol. The van der Waals surface area contributed by atoms with Crippen LogP contribution in [0.15, 0.2) is 0 Å². The maximum Gasteiger partial charge on any atom is 0.334 e. The van der Waals surface area contributed by atoms with Gasteiger partial charge in [-0.05, 0) is 18.1 Å². The highest BCUT2D eigenvalue weighted by Crippen LogP contribution is 2.38. The van der Waals surface area contributed by atoms with Gasteiger partial charge in [-0.25, -0.2) is 4.79 Å². The van der Waals surface area contributed by atoms with Gasteiger partial charge in [-0.3, -0.25) is 0 Å². The van der Waals surface area contributed by atoms with Crippen molar-refractivity contribution in [3.8, 4) is 0 Å². The number of esters is 1. The van der Waals surface area contributed by atoms with Gasteiger partial charge in [0.15, 0.2) is 8.32 Å². The smallest absolute Gasteiger partial charge is 0.334 e. The minimum atomic E-state index is -1.81. The predicted octanol–water partition coefficient (Wildman–Crippen LogP) is 2.32. The number of ether oxygens (including phenoxy) is 1. The van der Waals surface area contributed by atoms with E-state index in [-0.39, 0.29) is 17.1 Å². The lowest BCUT2D eigenvalue weighted by Gasteiger charge is -2.37. The first-order valence-corrected chi connectivity index (χ1v) is 7.99. The number of carbonyl (C=O) groups is 1. The third kappa shape index (κ3) is 2.36. The lowest BCUT2D eigenvalue weighted by molar-refractivity contribution is -0.143. The summed E-state index contributed by atoms with van der Waals surface area (Å²) in [5, 5.41) is 0.149. The molecule has 1 aliphatic rings. The van der Waals surface area contributed by atoms with Crippen LogP contribution < -0.4 is 0 Å². The van der Waals surface area contributed by atoms with Crippen molar-refractivity contribution in [3.05, 3.63) is 0 Å². The highest BCUT2D eigenvalue weighted by molar-refractivity contribution is 6.74. The van der Waals surface area contributed by atoms with Crippen LogP contribution in [-0.4, -0.2) is 27.0 Å². The monoisotopic (exact) mass is 216 g/mol. The van der Waals surface area contributed by atoms with Crippen molar-refractivity contribution < 1.29 is 14.0 Å². The highest BCUT2D eigenvalue weighted by atomic mass is 28.4. The minimum Gasteiger partial charge on any atom is -0.464 e. The van der Waals surface area contributed by atoms with E-state index in [1.807, 2.05) is 0 Å². The average Bonchev–Trinajstić information content (AvgIpc) is 2.33. The van der Waals surface area contributed by atoms with Crippen LogP contribution in [0.3, 0.4) is 0 Å². The van der Waals surface area contributed by atoms with E-state index in [4.69, 9.17) is 9.16 Å². The quantitative estimate of drug-likeness (QED) is 0.525. The van der Waals surface area contributed by atoms with E-state index in [2.05, 4.69) is 33.9 Å². The number of carbonyl (C=O) groups excluding carboxylic acids is 1. The van der Waals surface area contributed by atoms with Gasteiger partial charge in [0.05, 0.1) is 6.61 Å². The van der Waals surface area contributed by atoms with Gasteiger partial charge in [0.2, 0.25) is 0 Å². The fraction of sp³-hybridized carbons (Fsp3) is 0.900. The summed E-state index contributed by atoms with van der Waals surface area (Å²) in [7, 11) is -1.81. The molecular formula is C10H20O3Si. The van der Waals surface area contributed by atoms with Gasteiger partial charge < -0.3 is 9.16 Å². The Bertz CT molecular complexity index is 230. The van der Waals surface area contributed by atoms with Crippen LogP contribution in [0.1, 0.15) is 27.2 Å². The van der Waals surface area contributed by atoms with Crippen molar-refractivity contribution >= 4 is 14.3 Å². The number of hydrogen-bond donors (Lipinski definition) is 0. The molecule has 0 aromatic rings. The van der Waals surface area contributed by atoms with Crippen molar-refractivity contribution in [2.45, 2.75) is 51.4 Å². The average molecular weight is 216 g/mol. The Labute approximate surface area is 86.9 Å². The van der Waals surface area contributed by atoms with E-state index in [9.17, 15) is 4.79 Å². The van der Waals surface area contributed by atoms with Crippen molar-refractivity contribution in [3.63, 3.8) is 0 Å². The second kappa shape index (κ2) is 3.66. The molecule has 0 bridgehead atoms. The van der Waals surface area contributed by atoms with Crippen LogP contribution in [0.25, 0.3) is 0 Å². The largest absolute Gasteiger partial charge is 0.464 e. The third-order valence-electron chi connectivity index (χ3n) is 3.13. The van der Waals surface area contributed by atoms with Crippen molar-refractivity contribution in [1.29, 1.82) is 0 Å². The van der Waals surface area contributed by atoms with E-state index in [0.29, 0.717) is 13.0 Å². The van der Waals surface area contributed by atoms with Crippen LogP contribution in [0.5, 0.6) is 0 Å². The first kappa shape index (κ1) is 11.7. The van der Waals surface area contributed by atoms with E-state index in [0.717, 1.165) is 0 Å². The number of rotatable bonds is 2. The Balaban J connectivity index is 2.63. The lowest BCUT2D eigenvalue weighted by Crippen LogP contribution is -2.45. The zero-order chi connectivity index (χ0) is 11.0. The van der Waals surface area contributed by atoms with Gasteiger partial charge in [0.1, 0.15) is 6.10 Å². The molecule has 0 spiro atoms. The first-order valence-electron chi connectivity index (χ1n) is 5.08. The van der Waals surface area contributed by atoms with Gasteiger partial charge >= 0.3 is 5.97 Å². The Hall–Kier alpha value is -0.353. The van der Waals surface area contributed by atoms with E-state index in [1.54, 1.807) is 0 Å². The molecule has 0 amide bonds. The molecule has 1 aliphatic heterocycles. The van der Waals surface area contributed by atoms with Crippen LogP contribution >= 0.6 is 0 Å². The fourth-order valence-electron chi connectivity index (χ4n) is 1.12. The van der Waals surface area contributed by atoms with Crippen LogP contribution in [0, 0.1) is 0 Å². The molecule has 1 heterocycles. The maximum atomic E-state index is 11.3. The molecule has 1 fully saturated rings. The number of cyclic esters (lactones) is 1. The summed E-state index contributed by atoms with van der Waals surface area (Å²) in [6.07, 6.45) is 0.404. The molecule has 0 radical (unpaired) electrons. The Morgan fingerprint density at radius 3 is 2.36 bits per heavy atom. The van der Waals surface area contributed by atoms with Gasteiger partial charge in [0, 0.05) is 6.42 Å². The van der Waals surface area contributed by atoms with Crippen molar-refractivity contribution in [2.75, 3.05) is 6.61 Å². The zero-order valence-electron chi connectivity index (χ0n) is 9.72. The summed E-state index contributed by atoms with van der Waals surface area (Å²) in [6, 6.07) is 0.